The zero-order valence-electron chi connectivity index (χ0n) is 16.0. The van der Waals surface area contributed by atoms with E-state index in [0.717, 1.165) is 5.56 Å². The second-order valence-electron chi connectivity index (χ2n) is 6.31. The third-order valence-electron chi connectivity index (χ3n) is 4.37. The fourth-order valence-corrected chi connectivity index (χ4v) is 4.36. The van der Waals surface area contributed by atoms with Crippen LogP contribution in [0.5, 0.6) is 11.5 Å². The highest BCUT2D eigenvalue weighted by molar-refractivity contribution is 7.92. The van der Waals surface area contributed by atoms with Gasteiger partial charge in [-0.15, -0.1) is 0 Å². The summed E-state index contributed by atoms with van der Waals surface area (Å²) in [6, 6.07) is 9.59. The van der Waals surface area contributed by atoms with Crippen molar-refractivity contribution in [3.63, 3.8) is 0 Å². The van der Waals surface area contributed by atoms with Gasteiger partial charge in [-0.2, -0.15) is 5.10 Å². The SMILES string of the molecule is COc1cc(Cl)ccc1S(=O)(=O)Nc1noc2cc(Cn3cccn3)cc(OC)c12. The third-order valence-corrected chi connectivity index (χ3v) is 5.98. The molecule has 1 N–H and O–H groups in total. The first-order valence-corrected chi connectivity index (χ1v) is 10.6. The Kier molecular flexibility index (Phi) is 5.27. The average molecular weight is 449 g/mol. The molecule has 0 unspecified atom stereocenters. The van der Waals surface area contributed by atoms with Gasteiger partial charge in [-0.1, -0.05) is 16.8 Å². The van der Waals surface area contributed by atoms with Crippen molar-refractivity contribution in [3.05, 3.63) is 59.4 Å². The molecule has 0 atom stereocenters. The largest absolute Gasteiger partial charge is 0.496 e. The number of hydrogen-bond acceptors (Lipinski definition) is 7. The molecule has 4 aromatic rings. The van der Waals surface area contributed by atoms with Gasteiger partial charge in [0.05, 0.1) is 20.8 Å². The number of hydrogen-bond donors (Lipinski definition) is 1. The molecule has 2 aromatic heterocycles. The zero-order chi connectivity index (χ0) is 21.3. The van der Waals surface area contributed by atoms with Gasteiger partial charge in [0.15, 0.2) is 11.4 Å². The van der Waals surface area contributed by atoms with E-state index >= 15 is 0 Å². The number of nitrogens with zero attached hydrogens (tertiary/aromatic N) is 3. The molecule has 4 rings (SSSR count). The van der Waals surface area contributed by atoms with Crippen molar-refractivity contribution >= 4 is 38.4 Å². The second-order valence-corrected chi connectivity index (χ2v) is 8.39. The third kappa shape index (κ3) is 3.79. The minimum Gasteiger partial charge on any atom is -0.496 e. The number of rotatable bonds is 7. The lowest BCUT2D eigenvalue weighted by Gasteiger charge is -2.11. The molecule has 0 fully saturated rings. The highest BCUT2D eigenvalue weighted by Crippen LogP contribution is 2.36. The minimum atomic E-state index is -4.04. The van der Waals surface area contributed by atoms with Crippen molar-refractivity contribution < 1.29 is 22.4 Å². The monoisotopic (exact) mass is 448 g/mol. The van der Waals surface area contributed by atoms with E-state index in [1.54, 1.807) is 23.0 Å². The summed E-state index contributed by atoms with van der Waals surface area (Å²) >= 11 is 5.93. The summed E-state index contributed by atoms with van der Waals surface area (Å²) in [5.74, 6) is 0.525. The fourth-order valence-electron chi connectivity index (χ4n) is 3.04. The first-order chi connectivity index (χ1) is 14.4. The molecule has 0 amide bonds. The van der Waals surface area contributed by atoms with Gasteiger partial charge >= 0.3 is 0 Å². The van der Waals surface area contributed by atoms with E-state index in [1.165, 1.54) is 32.4 Å². The molecule has 156 valence electrons. The molecule has 0 bridgehead atoms. The lowest BCUT2D eigenvalue weighted by atomic mass is 10.1. The summed E-state index contributed by atoms with van der Waals surface area (Å²) in [7, 11) is -1.19. The first kappa shape index (κ1) is 20.0. The highest BCUT2D eigenvalue weighted by Gasteiger charge is 2.24. The Labute approximate surface area is 177 Å². The summed E-state index contributed by atoms with van der Waals surface area (Å²) in [6.07, 6.45) is 3.51. The summed E-state index contributed by atoms with van der Waals surface area (Å²) < 4.78 is 46.0. The van der Waals surface area contributed by atoms with Gasteiger partial charge in [-0.05, 0) is 35.9 Å². The van der Waals surface area contributed by atoms with E-state index in [0.29, 0.717) is 28.3 Å². The van der Waals surface area contributed by atoms with E-state index in [9.17, 15) is 8.42 Å². The van der Waals surface area contributed by atoms with Crippen molar-refractivity contribution in [2.24, 2.45) is 0 Å². The summed E-state index contributed by atoms with van der Waals surface area (Å²) in [4.78, 5) is -0.0835. The van der Waals surface area contributed by atoms with Crippen LogP contribution in [0.15, 0.2) is 58.2 Å². The van der Waals surface area contributed by atoms with Crippen LogP contribution >= 0.6 is 11.6 Å². The van der Waals surface area contributed by atoms with Crippen LogP contribution in [-0.4, -0.2) is 37.6 Å². The lowest BCUT2D eigenvalue weighted by Crippen LogP contribution is -2.14. The average Bonchev–Trinajstić information content (AvgIpc) is 3.37. The molecule has 30 heavy (non-hydrogen) atoms. The Hall–Kier alpha value is -3.24. The highest BCUT2D eigenvalue weighted by atomic mass is 35.5. The molecular weight excluding hydrogens is 432 g/mol. The zero-order valence-corrected chi connectivity index (χ0v) is 17.6. The van der Waals surface area contributed by atoms with Crippen LogP contribution in [0.4, 0.5) is 5.82 Å². The van der Waals surface area contributed by atoms with Crippen LogP contribution in [0.25, 0.3) is 11.0 Å². The molecule has 2 aromatic carbocycles. The molecule has 0 aliphatic carbocycles. The maximum absolute atomic E-state index is 12.9. The minimum absolute atomic E-state index is 0.00416. The topological polar surface area (TPSA) is 108 Å². The number of nitrogens with one attached hydrogen (secondary N) is 1. The van der Waals surface area contributed by atoms with Gasteiger partial charge in [0.1, 0.15) is 21.8 Å². The van der Waals surface area contributed by atoms with Crippen molar-refractivity contribution in [2.75, 3.05) is 18.9 Å². The van der Waals surface area contributed by atoms with E-state index in [2.05, 4.69) is 15.0 Å². The number of ether oxygens (including phenoxy) is 2. The molecule has 0 radical (unpaired) electrons. The number of benzene rings is 2. The smallest absolute Gasteiger partial charge is 0.266 e. The van der Waals surface area contributed by atoms with Gasteiger partial charge in [-0.25, -0.2) is 8.42 Å². The van der Waals surface area contributed by atoms with E-state index in [-0.39, 0.29) is 16.5 Å². The maximum atomic E-state index is 12.9. The van der Waals surface area contributed by atoms with Crippen LogP contribution in [0.2, 0.25) is 5.02 Å². The van der Waals surface area contributed by atoms with Crippen LogP contribution in [0, 0.1) is 0 Å². The molecule has 0 saturated carbocycles. The van der Waals surface area contributed by atoms with Crippen LogP contribution in [0.1, 0.15) is 5.56 Å². The van der Waals surface area contributed by atoms with Gasteiger partial charge in [-0.3, -0.25) is 9.40 Å². The molecule has 0 aliphatic heterocycles. The molecule has 2 heterocycles. The Balaban J connectivity index is 1.73. The van der Waals surface area contributed by atoms with Gasteiger partial charge in [0.25, 0.3) is 10.0 Å². The molecular formula is C19H17ClN4O5S. The quantitative estimate of drug-likeness (QED) is 0.460. The van der Waals surface area contributed by atoms with Crippen molar-refractivity contribution in [2.45, 2.75) is 11.4 Å². The molecule has 0 saturated heterocycles. The standard InChI is InChI=1S/C19H17ClN4O5S/c1-27-14-10-13(20)4-5-17(14)30(25,26)23-19-18-15(28-2)8-12(9-16(18)29-22-19)11-24-7-3-6-21-24/h3-10H,11H2,1-2H3,(H,22,23). The van der Waals surface area contributed by atoms with Crippen molar-refractivity contribution in [3.8, 4) is 11.5 Å². The number of halogens is 1. The van der Waals surface area contributed by atoms with Crippen molar-refractivity contribution in [1.82, 2.24) is 14.9 Å². The summed E-state index contributed by atoms with van der Waals surface area (Å²) in [5.41, 5.74) is 1.23. The van der Waals surface area contributed by atoms with Crippen LogP contribution in [-0.2, 0) is 16.6 Å². The molecule has 0 aliphatic rings. The first-order valence-electron chi connectivity index (χ1n) is 8.71. The number of fused-ring (bicyclic) bond motifs is 1. The summed E-state index contributed by atoms with van der Waals surface area (Å²) in [6.45, 7) is 0.489. The Bertz CT molecular complexity index is 1300. The van der Waals surface area contributed by atoms with E-state index < -0.39 is 10.0 Å². The number of sulfonamides is 1. The van der Waals surface area contributed by atoms with Gasteiger partial charge in [0.2, 0.25) is 0 Å². The Morgan fingerprint density at radius 2 is 1.97 bits per heavy atom. The molecule has 11 heteroatoms. The number of anilines is 1. The van der Waals surface area contributed by atoms with E-state index in [4.69, 9.17) is 25.6 Å². The Morgan fingerprint density at radius 3 is 2.67 bits per heavy atom. The predicted octanol–water partition coefficient (Wildman–Crippen LogP) is 3.54. The van der Waals surface area contributed by atoms with Gasteiger partial charge < -0.3 is 14.0 Å². The van der Waals surface area contributed by atoms with Crippen LogP contribution < -0.4 is 14.2 Å². The maximum Gasteiger partial charge on any atom is 0.266 e. The molecule has 0 spiro atoms. The summed E-state index contributed by atoms with van der Waals surface area (Å²) in [5, 5.41) is 8.82. The molecule has 9 nitrogen and oxygen atoms in total. The number of aromatic nitrogens is 3. The second kappa shape index (κ2) is 7.88. The lowest BCUT2D eigenvalue weighted by molar-refractivity contribution is 0.403. The normalized spacial score (nSPS) is 11.6. The fraction of sp³-hybridized carbons (Fsp3) is 0.158. The predicted molar refractivity (Wildman–Crippen MR) is 111 cm³/mol. The van der Waals surface area contributed by atoms with Crippen LogP contribution in [0.3, 0.4) is 0 Å². The Morgan fingerprint density at radius 1 is 1.17 bits per heavy atom. The van der Waals surface area contributed by atoms with Crippen molar-refractivity contribution in [1.29, 1.82) is 0 Å². The van der Waals surface area contributed by atoms with Gasteiger partial charge in [0, 0.05) is 23.5 Å². The number of methoxy groups -OCH3 is 2. The van der Waals surface area contributed by atoms with E-state index in [1.807, 2.05) is 12.3 Å².